The Bertz CT molecular complexity index is 622. The number of hydrogen-bond acceptors (Lipinski definition) is 4. The van der Waals surface area contributed by atoms with E-state index in [1.54, 1.807) is 24.3 Å². The molecule has 2 aromatic carbocycles. The van der Waals surface area contributed by atoms with Gasteiger partial charge in [0, 0.05) is 6.04 Å². The van der Waals surface area contributed by atoms with Crippen molar-refractivity contribution in [1.82, 2.24) is 0 Å². The zero-order valence-corrected chi connectivity index (χ0v) is 12.8. The zero-order valence-electron chi connectivity index (χ0n) is 12.0. The van der Waals surface area contributed by atoms with E-state index in [1.807, 2.05) is 6.07 Å². The van der Waals surface area contributed by atoms with Crippen LogP contribution in [0.4, 0.5) is 4.39 Å². The van der Waals surface area contributed by atoms with Crippen LogP contribution in [0.1, 0.15) is 18.0 Å². The van der Waals surface area contributed by atoms with Crippen LogP contribution < -0.4 is 10.5 Å². The molecule has 0 aliphatic carbocycles. The monoisotopic (exact) mass is 325 g/mol. The maximum Gasteiger partial charge on any atom is 0.307 e. The zero-order chi connectivity index (χ0) is 15.2. The molecule has 0 aromatic heterocycles. The van der Waals surface area contributed by atoms with Crippen LogP contribution in [0.2, 0.25) is 0 Å². The van der Waals surface area contributed by atoms with Crippen molar-refractivity contribution in [3.63, 3.8) is 0 Å². The summed E-state index contributed by atoms with van der Waals surface area (Å²) in [6, 6.07) is 12.6. The highest BCUT2D eigenvalue weighted by molar-refractivity contribution is 5.85. The summed E-state index contributed by atoms with van der Waals surface area (Å²) in [5, 5.41) is 0. The molecular weight excluding hydrogens is 309 g/mol. The van der Waals surface area contributed by atoms with Gasteiger partial charge in [0.25, 0.3) is 0 Å². The average molecular weight is 326 g/mol. The van der Waals surface area contributed by atoms with E-state index in [1.165, 1.54) is 25.3 Å². The van der Waals surface area contributed by atoms with Gasteiger partial charge in [-0.25, -0.2) is 4.39 Å². The number of methoxy groups -OCH3 is 1. The molecule has 0 radical (unpaired) electrons. The predicted octanol–water partition coefficient (Wildman–Crippen LogP) is 3.60. The highest BCUT2D eigenvalue weighted by Gasteiger charge is 2.15. The molecule has 2 rings (SSSR count). The molecule has 0 aliphatic heterocycles. The number of halogens is 2. The number of ether oxygens (including phenoxy) is 2. The summed E-state index contributed by atoms with van der Waals surface area (Å²) < 4.78 is 23.8. The number of esters is 1. The Morgan fingerprint density at radius 1 is 1.23 bits per heavy atom. The molecule has 1 unspecified atom stereocenters. The minimum atomic E-state index is -0.573. The fourth-order valence-electron chi connectivity index (χ4n) is 1.83. The second-order valence-electron chi connectivity index (χ2n) is 4.49. The van der Waals surface area contributed by atoms with Gasteiger partial charge in [-0.1, -0.05) is 24.3 Å². The van der Waals surface area contributed by atoms with Gasteiger partial charge in [0.2, 0.25) is 0 Å². The van der Waals surface area contributed by atoms with Crippen molar-refractivity contribution in [1.29, 1.82) is 0 Å². The van der Waals surface area contributed by atoms with Crippen molar-refractivity contribution >= 4 is 18.4 Å². The SMILES string of the molecule is COC(=O)CC(N)c1ccc(F)c(Oc2ccccc2)c1.Cl. The van der Waals surface area contributed by atoms with E-state index in [0.717, 1.165) is 0 Å². The summed E-state index contributed by atoms with van der Waals surface area (Å²) in [5.41, 5.74) is 6.51. The second-order valence-corrected chi connectivity index (χ2v) is 4.49. The van der Waals surface area contributed by atoms with E-state index < -0.39 is 17.8 Å². The Hall–Kier alpha value is -2.11. The third-order valence-corrected chi connectivity index (χ3v) is 2.97. The Morgan fingerprint density at radius 2 is 1.91 bits per heavy atom. The summed E-state index contributed by atoms with van der Waals surface area (Å²) in [6.45, 7) is 0. The molecule has 22 heavy (non-hydrogen) atoms. The number of carbonyl (C=O) groups excluding carboxylic acids is 1. The van der Waals surface area contributed by atoms with Crippen LogP contribution in [0, 0.1) is 5.82 Å². The second kappa shape index (κ2) is 8.36. The van der Waals surface area contributed by atoms with E-state index in [2.05, 4.69) is 4.74 Å². The van der Waals surface area contributed by atoms with Crippen molar-refractivity contribution < 1.29 is 18.7 Å². The molecule has 2 N–H and O–H groups in total. The lowest BCUT2D eigenvalue weighted by molar-refractivity contribution is -0.141. The van der Waals surface area contributed by atoms with Gasteiger partial charge in [-0.15, -0.1) is 12.4 Å². The number of nitrogens with two attached hydrogens (primary N) is 1. The molecule has 0 aliphatic rings. The number of rotatable bonds is 5. The van der Waals surface area contributed by atoms with Gasteiger partial charge in [-0.05, 0) is 29.8 Å². The molecule has 6 heteroatoms. The van der Waals surface area contributed by atoms with Crippen LogP contribution in [0.5, 0.6) is 11.5 Å². The van der Waals surface area contributed by atoms with Gasteiger partial charge in [0.1, 0.15) is 5.75 Å². The van der Waals surface area contributed by atoms with Crippen LogP contribution in [-0.2, 0) is 9.53 Å². The molecule has 0 amide bonds. The van der Waals surface area contributed by atoms with Crippen LogP contribution in [0.3, 0.4) is 0 Å². The molecule has 2 aromatic rings. The summed E-state index contributed by atoms with van der Waals surface area (Å²) in [5.74, 6) is -0.320. The molecule has 0 spiro atoms. The van der Waals surface area contributed by atoms with Crippen molar-refractivity contribution in [2.24, 2.45) is 5.73 Å². The molecule has 0 heterocycles. The van der Waals surface area contributed by atoms with Crippen LogP contribution in [0.15, 0.2) is 48.5 Å². The minimum Gasteiger partial charge on any atom is -0.469 e. The lowest BCUT2D eigenvalue weighted by Crippen LogP contribution is -2.16. The minimum absolute atomic E-state index is 0. The molecule has 0 fully saturated rings. The summed E-state index contributed by atoms with van der Waals surface area (Å²) in [6.07, 6.45) is 0.0207. The van der Waals surface area contributed by atoms with Crippen molar-refractivity contribution in [3.05, 3.63) is 59.9 Å². The molecular formula is C16H17ClFNO3. The highest BCUT2D eigenvalue weighted by Crippen LogP contribution is 2.27. The number of hydrogen-bond donors (Lipinski definition) is 1. The molecule has 0 saturated carbocycles. The van der Waals surface area contributed by atoms with Crippen molar-refractivity contribution in [2.75, 3.05) is 7.11 Å². The molecule has 0 bridgehead atoms. The van der Waals surface area contributed by atoms with Crippen LogP contribution in [0.25, 0.3) is 0 Å². The Labute approximate surface area is 134 Å². The van der Waals surface area contributed by atoms with E-state index in [4.69, 9.17) is 10.5 Å². The van der Waals surface area contributed by atoms with Crippen LogP contribution >= 0.6 is 12.4 Å². The Balaban J connectivity index is 0.00000242. The fraction of sp³-hybridized carbons (Fsp3) is 0.188. The molecule has 4 nitrogen and oxygen atoms in total. The maximum absolute atomic E-state index is 13.8. The van der Waals surface area contributed by atoms with Crippen LogP contribution in [-0.4, -0.2) is 13.1 Å². The predicted molar refractivity (Wildman–Crippen MR) is 83.7 cm³/mol. The van der Waals surface area contributed by atoms with E-state index in [-0.39, 0.29) is 24.6 Å². The quantitative estimate of drug-likeness (QED) is 0.853. The smallest absolute Gasteiger partial charge is 0.307 e. The maximum atomic E-state index is 13.8. The lowest BCUT2D eigenvalue weighted by Gasteiger charge is -2.13. The third-order valence-electron chi connectivity index (χ3n) is 2.97. The van der Waals surface area contributed by atoms with E-state index in [0.29, 0.717) is 11.3 Å². The van der Waals surface area contributed by atoms with Gasteiger partial charge < -0.3 is 15.2 Å². The standard InChI is InChI=1S/C16H16FNO3.ClH/c1-20-16(19)10-14(18)11-7-8-13(17)15(9-11)21-12-5-3-2-4-6-12;/h2-9,14H,10,18H2,1H3;1H. The molecule has 0 saturated heterocycles. The van der Waals surface area contributed by atoms with Gasteiger partial charge in [0.05, 0.1) is 13.5 Å². The third kappa shape index (κ3) is 4.72. The number of para-hydroxylation sites is 1. The molecule has 118 valence electrons. The number of carbonyl (C=O) groups is 1. The molecule has 1 atom stereocenters. The highest BCUT2D eigenvalue weighted by atomic mass is 35.5. The first-order valence-corrected chi connectivity index (χ1v) is 6.45. The average Bonchev–Trinajstić information content (AvgIpc) is 2.50. The summed E-state index contributed by atoms with van der Waals surface area (Å²) in [7, 11) is 1.30. The summed E-state index contributed by atoms with van der Waals surface area (Å²) >= 11 is 0. The first-order chi connectivity index (χ1) is 10.1. The van der Waals surface area contributed by atoms with E-state index >= 15 is 0 Å². The van der Waals surface area contributed by atoms with Gasteiger partial charge >= 0.3 is 5.97 Å². The van der Waals surface area contributed by atoms with Gasteiger partial charge in [-0.3, -0.25) is 4.79 Å². The van der Waals surface area contributed by atoms with Crippen molar-refractivity contribution in [3.8, 4) is 11.5 Å². The van der Waals surface area contributed by atoms with Crippen molar-refractivity contribution in [2.45, 2.75) is 12.5 Å². The first kappa shape index (κ1) is 17.9. The number of benzene rings is 2. The topological polar surface area (TPSA) is 61.5 Å². The van der Waals surface area contributed by atoms with Gasteiger partial charge in [-0.2, -0.15) is 0 Å². The van der Waals surface area contributed by atoms with E-state index in [9.17, 15) is 9.18 Å². The first-order valence-electron chi connectivity index (χ1n) is 6.45. The normalized spacial score (nSPS) is 11.2. The van der Waals surface area contributed by atoms with Gasteiger partial charge in [0.15, 0.2) is 11.6 Å². The summed E-state index contributed by atoms with van der Waals surface area (Å²) in [4.78, 5) is 11.2. The Kier molecular flexibility index (Phi) is 6.82. The lowest BCUT2D eigenvalue weighted by atomic mass is 10.0. The Morgan fingerprint density at radius 3 is 2.55 bits per heavy atom. The fourth-order valence-corrected chi connectivity index (χ4v) is 1.83. The largest absolute Gasteiger partial charge is 0.469 e.